The lowest BCUT2D eigenvalue weighted by molar-refractivity contribution is 0.0792. The van der Waals surface area contributed by atoms with Gasteiger partial charge in [-0.1, -0.05) is 0 Å². The Bertz CT molecular complexity index is 816. The molecule has 3 rings (SSSR count). The van der Waals surface area contributed by atoms with Crippen molar-refractivity contribution in [2.24, 2.45) is 0 Å². The second-order valence-corrected chi connectivity index (χ2v) is 5.75. The Hall–Kier alpha value is -2.83. The van der Waals surface area contributed by atoms with E-state index in [-0.39, 0.29) is 11.5 Å². The summed E-state index contributed by atoms with van der Waals surface area (Å²) in [4.78, 5) is 26.1. The van der Waals surface area contributed by atoms with Gasteiger partial charge in [0.05, 0.1) is 5.69 Å². The molecule has 0 atom stereocenters. The summed E-state index contributed by atoms with van der Waals surface area (Å²) in [6.07, 6.45) is 1.96. The van der Waals surface area contributed by atoms with E-state index in [2.05, 4.69) is 5.32 Å². The van der Waals surface area contributed by atoms with Crippen LogP contribution in [-0.4, -0.2) is 29.8 Å². The molecule has 0 aliphatic carbocycles. The van der Waals surface area contributed by atoms with E-state index in [0.717, 1.165) is 38.1 Å². The Balaban J connectivity index is 1.73. The second-order valence-electron chi connectivity index (χ2n) is 5.75. The molecule has 2 amide bonds. The van der Waals surface area contributed by atoms with Gasteiger partial charge in [-0.25, -0.2) is 13.2 Å². The first-order valence-electron chi connectivity index (χ1n) is 7.81. The number of nitrogens with zero attached hydrogens (tertiary/aromatic N) is 1. The molecule has 0 unspecified atom stereocenters. The van der Waals surface area contributed by atoms with Crippen molar-refractivity contribution in [3.8, 4) is 0 Å². The normalized spacial score (nSPS) is 13.8. The van der Waals surface area contributed by atoms with Crippen molar-refractivity contribution in [2.45, 2.75) is 12.8 Å². The molecule has 1 N–H and O–H groups in total. The number of carbonyl (C=O) groups is 2. The zero-order chi connectivity index (χ0) is 18.0. The highest BCUT2D eigenvalue weighted by Gasteiger charge is 2.20. The van der Waals surface area contributed by atoms with Crippen LogP contribution in [0.25, 0.3) is 0 Å². The van der Waals surface area contributed by atoms with Crippen molar-refractivity contribution < 1.29 is 22.8 Å². The van der Waals surface area contributed by atoms with E-state index in [1.54, 1.807) is 4.90 Å². The smallest absolute Gasteiger partial charge is 0.255 e. The van der Waals surface area contributed by atoms with Gasteiger partial charge < -0.3 is 10.2 Å². The minimum Gasteiger partial charge on any atom is -0.339 e. The fraction of sp³-hybridized carbons (Fsp3) is 0.222. The van der Waals surface area contributed by atoms with Crippen molar-refractivity contribution >= 4 is 17.5 Å². The van der Waals surface area contributed by atoms with Gasteiger partial charge in [-0.15, -0.1) is 0 Å². The quantitative estimate of drug-likeness (QED) is 0.862. The maximum atomic E-state index is 13.6. The maximum absolute atomic E-state index is 13.6. The van der Waals surface area contributed by atoms with Crippen LogP contribution in [0.3, 0.4) is 0 Å². The molecule has 1 heterocycles. The van der Waals surface area contributed by atoms with Crippen molar-refractivity contribution in [3.63, 3.8) is 0 Å². The van der Waals surface area contributed by atoms with Crippen molar-refractivity contribution in [2.75, 3.05) is 18.4 Å². The Labute approximate surface area is 142 Å². The third-order valence-corrected chi connectivity index (χ3v) is 4.07. The number of hydrogen-bond donors (Lipinski definition) is 1. The highest BCUT2D eigenvalue weighted by molar-refractivity contribution is 6.05. The predicted octanol–water partition coefficient (Wildman–Crippen LogP) is 3.59. The molecular formula is C18H15F3N2O2. The molecule has 25 heavy (non-hydrogen) atoms. The molecule has 7 heteroatoms. The van der Waals surface area contributed by atoms with Crippen LogP contribution in [0.2, 0.25) is 0 Å². The summed E-state index contributed by atoms with van der Waals surface area (Å²) >= 11 is 0. The Morgan fingerprint density at radius 1 is 0.840 bits per heavy atom. The predicted molar refractivity (Wildman–Crippen MR) is 85.8 cm³/mol. The molecule has 2 aromatic carbocycles. The molecule has 0 spiro atoms. The highest BCUT2D eigenvalue weighted by Crippen LogP contribution is 2.20. The van der Waals surface area contributed by atoms with E-state index in [9.17, 15) is 22.8 Å². The number of anilines is 1. The molecule has 1 fully saturated rings. The van der Waals surface area contributed by atoms with Crippen LogP contribution in [0, 0.1) is 17.5 Å². The lowest BCUT2D eigenvalue weighted by atomic mass is 10.1. The molecular weight excluding hydrogens is 333 g/mol. The van der Waals surface area contributed by atoms with Crippen molar-refractivity contribution in [1.29, 1.82) is 0 Å². The summed E-state index contributed by atoms with van der Waals surface area (Å²) in [5.74, 6) is -5.24. The zero-order valence-electron chi connectivity index (χ0n) is 13.2. The van der Waals surface area contributed by atoms with E-state index >= 15 is 0 Å². The van der Waals surface area contributed by atoms with Gasteiger partial charge in [-0.05, 0) is 49.2 Å². The fourth-order valence-electron chi connectivity index (χ4n) is 2.68. The monoisotopic (exact) mass is 348 g/mol. The molecule has 1 aliphatic rings. The number of rotatable bonds is 3. The third kappa shape index (κ3) is 3.50. The van der Waals surface area contributed by atoms with Gasteiger partial charge in [0, 0.05) is 24.2 Å². The first kappa shape index (κ1) is 17.0. The zero-order valence-corrected chi connectivity index (χ0v) is 13.2. The lowest BCUT2D eigenvalue weighted by Gasteiger charge is -2.15. The minimum absolute atomic E-state index is 0.101. The van der Waals surface area contributed by atoms with Gasteiger partial charge in [0.1, 0.15) is 0 Å². The molecule has 4 nitrogen and oxygen atoms in total. The van der Waals surface area contributed by atoms with E-state index in [1.807, 2.05) is 0 Å². The molecule has 0 radical (unpaired) electrons. The first-order chi connectivity index (χ1) is 12.0. The maximum Gasteiger partial charge on any atom is 0.255 e. The summed E-state index contributed by atoms with van der Waals surface area (Å²) in [5.41, 5.74) is 0.167. The van der Waals surface area contributed by atoms with Gasteiger partial charge in [0.15, 0.2) is 17.5 Å². The number of benzene rings is 2. The second kappa shape index (κ2) is 6.96. The standard InChI is InChI=1S/C18H15F3N2O2/c19-13-7-8-14(16(21)15(13)20)22-17(24)11-3-5-12(6-4-11)18(25)23-9-1-2-10-23/h3-8H,1-2,9-10H2,(H,22,24). The SMILES string of the molecule is O=C(Nc1ccc(F)c(F)c1F)c1ccc(C(=O)N2CCCC2)cc1. The van der Waals surface area contributed by atoms with Crippen LogP contribution in [-0.2, 0) is 0 Å². The molecule has 0 saturated carbocycles. The number of hydrogen-bond acceptors (Lipinski definition) is 2. The summed E-state index contributed by atoms with van der Waals surface area (Å²) in [5, 5.41) is 2.18. The van der Waals surface area contributed by atoms with Crippen molar-refractivity contribution in [1.82, 2.24) is 4.90 Å². The fourth-order valence-corrected chi connectivity index (χ4v) is 2.68. The number of amides is 2. The van der Waals surface area contributed by atoms with E-state index in [1.165, 1.54) is 24.3 Å². The Morgan fingerprint density at radius 2 is 1.44 bits per heavy atom. The average molecular weight is 348 g/mol. The van der Waals surface area contributed by atoms with Gasteiger partial charge in [-0.2, -0.15) is 0 Å². The van der Waals surface area contributed by atoms with Crippen LogP contribution in [0.1, 0.15) is 33.6 Å². The van der Waals surface area contributed by atoms with Gasteiger partial charge in [0.2, 0.25) is 0 Å². The molecule has 0 bridgehead atoms. The van der Waals surface area contributed by atoms with Gasteiger partial charge >= 0.3 is 0 Å². The van der Waals surface area contributed by atoms with E-state index < -0.39 is 29.0 Å². The first-order valence-corrected chi connectivity index (χ1v) is 7.81. The lowest BCUT2D eigenvalue weighted by Crippen LogP contribution is -2.27. The Morgan fingerprint density at radius 3 is 2.08 bits per heavy atom. The largest absolute Gasteiger partial charge is 0.339 e. The topological polar surface area (TPSA) is 49.4 Å². The minimum atomic E-state index is -1.65. The van der Waals surface area contributed by atoms with E-state index in [0.29, 0.717) is 5.56 Å². The number of likely N-dealkylation sites (tertiary alicyclic amines) is 1. The van der Waals surface area contributed by atoms with Crippen LogP contribution in [0.4, 0.5) is 18.9 Å². The van der Waals surface area contributed by atoms with E-state index in [4.69, 9.17) is 0 Å². The van der Waals surface area contributed by atoms with Gasteiger partial charge in [0.25, 0.3) is 11.8 Å². The number of halogens is 3. The Kier molecular flexibility index (Phi) is 4.74. The molecule has 1 aliphatic heterocycles. The van der Waals surface area contributed by atoms with Crippen molar-refractivity contribution in [3.05, 3.63) is 65.0 Å². The van der Waals surface area contributed by atoms with Crippen LogP contribution < -0.4 is 5.32 Å². The average Bonchev–Trinajstić information content (AvgIpc) is 3.16. The molecule has 2 aromatic rings. The van der Waals surface area contributed by atoms with Crippen LogP contribution in [0.15, 0.2) is 36.4 Å². The summed E-state index contributed by atoms with van der Waals surface area (Å²) < 4.78 is 39.7. The summed E-state index contributed by atoms with van der Waals surface area (Å²) in [7, 11) is 0. The van der Waals surface area contributed by atoms with Crippen LogP contribution in [0.5, 0.6) is 0 Å². The molecule has 130 valence electrons. The van der Waals surface area contributed by atoms with Crippen LogP contribution >= 0.6 is 0 Å². The number of carbonyl (C=O) groups excluding carboxylic acids is 2. The molecule has 0 aromatic heterocycles. The summed E-state index contributed by atoms with van der Waals surface area (Å²) in [6, 6.07) is 7.55. The summed E-state index contributed by atoms with van der Waals surface area (Å²) in [6.45, 7) is 1.44. The number of nitrogens with one attached hydrogen (secondary N) is 1. The molecule has 1 saturated heterocycles. The highest BCUT2D eigenvalue weighted by atomic mass is 19.2. The van der Waals surface area contributed by atoms with Gasteiger partial charge in [-0.3, -0.25) is 9.59 Å². The third-order valence-electron chi connectivity index (χ3n) is 4.07.